The van der Waals surface area contributed by atoms with Gasteiger partial charge in [0, 0.05) is 24.8 Å². The number of methoxy groups -OCH3 is 2. The average Bonchev–Trinajstić information content (AvgIpc) is 3.38. The quantitative estimate of drug-likeness (QED) is 0.226. The first-order valence-corrected chi connectivity index (χ1v) is 15.6. The van der Waals surface area contributed by atoms with Crippen LogP contribution < -0.4 is 19.7 Å². The zero-order chi connectivity index (χ0) is 29.0. The molecule has 41 heavy (non-hydrogen) atoms. The Bertz CT molecular complexity index is 1620. The third-order valence-electron chi connectivity index (χ3n) is 6.62. The fourth-order valence-electron chi connectivity index (χ4n) is 4.54. The van der Waals surface area contributed by atoms with Crippen LogP contribution in [0.15, 0.2) is 63.5 Å². The van der Waals surface area contributed by atoms with Crippen molar-refractivity contribution in [2.24, 2.45) is 0 Å². The first-order chi connectivity index (χ1) is 19.8. The van der Waals surface area contributed by atoms with Gasteiger partial charge in [-0.3, -0.25) is 5.10 Å². The molecule has 216 valence electrons. The third kappa shape index (κ3) is 6.73. The maximum atomic E-state index is 15.3. The maximum Gasteiger partial charge on any atom is 0.204 e. The molecule has 1 aliphatic rings. The number of halogens is 1. The van der Waals surface area contributed by atoms with Crippen LogP contribution >= 0.6 is 11.8 Å². The molecule has 2 aromatic heterocycles. The predicted molar refractivity (Wildman–Crippen MR) is 156 cm³/mol. The van der Waals surface area contributed by atoms with Crippen molar-refractivity contribution in [3.63, 3.8) is 0 Å². The molecule has 0 saturated carbocycles. The first kappa shape index (κ1) is 28.7. The number of piperidine rings is 1. The van der Waals surface area contributed by atoms with Crippen LogP contribution in [-0.4, -0.2) is 55.9 Å². The number of hydrogen-bond acceptors (Lipinski definition) is 10. The second-order valence-electron chi connectivity index (χ2n) is 9.62. The van der Waals surface area contributed by atoms with Gasteiger partial charge in [0.15, 0.2) is 32.4 Å². The van der Waals surface area contributed by atoms with E-state index >= 15 is 4.39 Å². The van der Waals surface area contributed by atoms with E-state index in [9.17, 15) is 8.42 Å². The minimum atomic E-state index is -3.78. The van der Waals surface area contributed by atoms with Crippen LogP contribution in [0.3, 0.4) is 0 Å². The Morgan fingerprint density at radius 1 is 1.02 bits per heavy atom. The van der Waals surface area contributed by atoms with Crippen LogP contribution in [-0.2, 0) is 15.6 Å². The van der Waals surface area contributed by atoms with Crippen molar-refractivity contribution in [2.45, 2.75) is 46.9 Å². The fourth-order valence-corrected chi connectivity index (χ4v) is 6.66. The lowest BCUT2D eigenvalue weighted by Gasteiger charge is -2.29. The molecule has 1 fully saturated rings. The van der Waals surface area contributed by atoms with Gasteiger partial charge in [-0.05, 0) is 73.8 Å². The van der Waals surface area contributed by atoms with Crippen LogP contribution in [0.5, 0.6) is 11.5 Å². The minimum absolute atomic E-state index is 0.101. The number of nitrogens with zero attached hydrogens (tertiary/aromatic N) is 4. The highest BCUT2D eigenvalue weighted by atomic mass is 32.2. The lowest BCUT2D eigenvalue weighted by molar-refractivity contribution is 0.409. The van der Waals surface area contributed by atoms with Crippen LogP contribution in [0.25, 0.3) is 0 Å². The van der Waals surface area contributed by atoms with Gasteiger partial charge in [-0.15, -0.1) is 0 Å². The topological polar surface area (TPSA) is 122 Å². The molecule has 4 aromatic rings. The molecule has 1 aliphatic heterocycles. The molecule has 1 saturated heterocycles. The second kappa shape index (κ2) is 12.4. The van der Waals surface area contributed by atoms with E-state index in [1.165, 1.54) is 19.2 Å². The summed E-state index contributed by atoms with van der Waals surface area (Å²) in [7, 11) is -0.680. The summed E-state index contributed by atoms with van der Waals surface area (Å²) in [6.45, 7) is 3.51. The number of sulfone groups is 1. The van der Waals surface area contributed by atoms with E-state index in [-0.39, 0.29) is 20.7 Å². The molecular weight excluding hydrogens is 567 g/mol. The number of anilines is 3. The SMILES string of the molecule is COc1ccc(CS(=O)(=O)c2ccc(Sc3nc(Nc4cc(C)[nH]n4)c(OC)c(N4CCCCC4)n3)c(F)c2)cc1. The van der Waals surface area contributed by atoms with Crippen molar-refractivity contribution >= 4 is 39.1 Å². The van der Waals surface area contributed by atoms with Gasteiger partial charge in [-0.1, -0.05) is 12.1 Å². The standard InChI is InChI=1S/C28H31FN6O4S2/c1-18-15-24(34-33-18)30-26-25(39-3)27(35-13-5-4-6-14-35)32-28(31-26)40-23-12-11-21(16-22(23)29)41(36,37)17-19-7-9-20(38-2)10-8-19/h7-12,15-16H,4-6,13-14,17H2,1-3H3,(H2,30,31,32,33,34). The zero-order valence-corrected chi connectivity index (χ0v) is 24.6. The minimum Gasteiger partial charge on any atom is -0.497 e. The number of aryl methyl sites for hydroxylation is 1. The van der Waals surface area contributed by atoms with E-state index in [2.05, 4.69) is 25.4 Å². The van der Waals surface area contributed by atoms with Gasteiger partial charge in [0.2, 0.25) is 5.75 Å². The van der Waals surface area contributed by atoms with Crippen molar-refractivity contribution in [2.75, 3.05) is 37.5 Å². The van der Waals surface area contributed by atoms with E-state index < -0.39 is 15.7 Å². The number of aromatic amines is 1. The molecule has 0 spiro atoms. The third-order valence-corrected chi connectivity index (χ3v) is 9.22. The molecular formula is C28H31FN6O4S2. The first-order valence-electron chi connectivity index (χ1n) is 13.1. The van der Waals surface area contributed by atoms with E-state index in [1.54, 1.807) is 31.4 Å². The summed E-state index contributed by atoms with van der Waals surface area (Å²) < 4.78 is 52.2. The lowest BCUT2D eigenvalue weighted by atomic mass is 10.1. The number of rotatable bonds is 10. The number of ether oxygens (including phenoxy) is 2. The molecule has 0 aliphatic carbocycles. The molecule has 2 N–H and O–H groups in total. The summed E-state index contributed by atoms with van der Waals surface area (Å²) in [5, 5.41) is 10.6. The summed E-state index contributed by atoms with van der Waals surface area (Å²) in [5.41, 5.74) is 1.45. The Morgan fingerprint density at radius 2 is 1.78 bits per heavy atom. The van der Waals surface area contributed by atoms with E-state index in [1.807, 2.05) is 13.0 Å². The van der Waals surface area contributed by atoms with Crippen LogP contribution in [0.4, 0.5) is 21.8 Å². The molecule has 0 atom stereocenters. The Hall–Kier alpha value is -3.84. The van der Waals surface area contributed by atoms with Crippen LogP contribution in [0.2, 0.25) is 0 Å². The highest BCUT2D eigenvalue weighted by Crippen LogP contribution is 2.39. The van der Waals surface area contributed by atoms with Crippen molar-refractivity contribution in [3.8, 4) is 11.5 Å². The van der Waals surface area contributed by atoms with Crippen LogP contribution in [0, 0.1) is 12.7 Å². The van der Waals surface area contributed by atoms with Gasteiger partial charge in [0.05, 0.1) is 29.8 Å². The molecule has 0 bridgehead atoms. The smallest absolute Gasteiger partial charge is 0.204 e. The summed E-state index contributed by atoms with van der Waals surface area (Å²) in [6.07, 6.45) is 3.19. The van der Waals surface area contributed by atoms with E-state index in [4.69, 9.17) is 14.5 Å². The monoisotopic (exact) mass is 598 g/mol. The van der Waals surface area contributed by atoms with Crippen LogP contribution in [0.1, 0.15) is 30.5 Å². The highest BCUT2D eigenvalue weighted by molar-refractivity contribution is 7.99. The summed E-state index contributed by atoms with van der Waals surface area (Å²) in [5.74, 6) is 1.72. The highest BCUT2D eigenvalue weighted by Gasteiger charge is 2.24. The number of hydrogen-bond donors (Lipinski definition) is 2. The number of benzene rings is 2. The van der Waals surface area contributed by atoms with Crippen molar-refractivity contribution in [1.29, 1.82) is 0 Å². The molecule has 2 aromatic carbocycles. The largest absolute Gasteiger partial charge is 0.497 e. The Morgan fingerprint density at radius 3 is 2.41 bits per heavy atom. The summed E-state index contributed by atoms with van der Waals surface area (Å²) >= 11 is 1.01. The molecule has 0 unspecified atom stereocenters. The number of H-pyrrole nitrogens is 1. The predicted octanol–water partition coefficient (Wildman–Crippen LogP) is 5.52. The van der Waals surface area contributed by atoms with Gasteiger partial charge in [0.25, 0.3) is 0 Å². The summed E-state index contributed by atoms with van der Waals surface area (Å²) in [4.78, 5) is 11.6. The molecule has 5 rings (SSSR count). The second-order valence-corrected chi connectivity index (χ2v) is 12.6. The van der Waals surface area contributed by atoms with Gasteiger partial charge in [-0.25, -0.2) is 22.8 Å². The van der Waals surface area contributed by atoms with Gasteiger partial charge in [0.1, 0.15) is 11.6 Å². The Balaban J connectivity index is 1.43. The van der Waals surface area contributed by atoms with Crippen molar-refractivity contribution in [3.05, 3.63) is 65.6 Å². The molecule has 0 radical (unpaired) electrons. The fraction of sp³-hybridized carbons (Fsp3) is 0.321. The van der Waals surface area contributed by atoms with E-state index in [0.717, 1.165) is 55.9 Å². The van der Waals surface area contributed by atoms with Gasteiger partial charge < -0.3 is 19.7 Å². The molecule has 0 amide bonds. The number of nitrogens with one attached hydrogen (secondary N) is 2. The maximum absolute atomic E-state index is 15.3. The molecule has 10 nitrogen and oxygen atoms in total. The normalized spacial score (nSPS) is 13.7. The summed E-state index contributed by atoms with van der Waals surface area (Å²) in [6, 6.07) is 12.5. The average molecular weight is 599 g/mol. The Labute approximate surface area is 242 Å². The molecule has 13 heteroatoms. The Kier molecular flexibility index (Phi) is 8.64. The lowest BCUT2D eigenvalue weighted by Crippen LogP contribution is -2.31. The molecule has 3 heterocycles. The zero-order valence-electron chi connectivity index (χ0n) is 23.0. The van der Waals surface area contributed by atoms with Gasteiger partial charge in [-0.2, -0.15) is 5.10 Å². The van der Waals surface area contributed by atoms with Gasteiger partial charge >= 0.3 is 0 Å². The van der Waals surface area contributed by atoms with Crippen molar-refractivity contribution < 1.29 is 22.3 Å². The van der Waals surface area contributed by atoms with E-state index in [0.29, 0.717) is 34.5 Å². The van der Waals surface area contributed by atoms with Crippen molar-refractivity contribution in [1.82, 2.24) is 20.2 Å². The number of aromatic nitrogens is 4.